The Kier molecular flexibility index (Phi) is 10.7. The van der Waals surface area contributed by atoms with Crippen LogP contribution in [-0.2, 0) is 0 Å². The van der Waals surface area contributed by atoms with Crippen LogP contribution in [0.4, 0.5) is 16.0 Å². The fourth-order valence-electron chi connectivity index (χ4n) is 8.00. The lowest BCUT2D eigenvalue weighted by Gasteiger charge is -2.46. The van der Waals surface area contributed by atoms with Crippen molar-refractivity contribution in [3.8, 4) is 11.5 Å². The van der Waals surface area contributed by atoms with Crippen LogP contribution in [0.5, 0.6) is 11.5 Å². The zero-order chi connectivity index (χ0) is 33.8. The van der Waals surface area contributed by atoms with Gasteiger partial charge in [-0.25, -0.2) is 19.3 Å². The van der Waals surface area contributed by atoms with E-state index in [1.54, 1.807) is 17.3 Å². The van der Waals surface area contributed by atoms with Gasteiger partial charge in [0.05, 0.1) is 16.8 Å². The maximum absolute atomic E-state index is 14.4. The average molecular weight is 678 g/mol. The van der Waals surface area contributed by atoms with Crippen LogP contribution in [0.2, 0.25) is 5.02 Å². The number of nitrogens with one attached hydrogen (secondary N) is 1. The Balaban J connectivity index is 1.03. The molecule has 258 valence electrons. The van der Waals surface area contributed by atoms with Crippen LogP contribution in [0.25, 0.3) is 0 Å². The van der Waals surface area contributed by atoms with Gasteiger partial charge in [0, 0.05) is 44.0 Å². The van der Waals surface area contributed by atoms with E-state index in [1.165, 1.54) is 63.1 Å². The number of rotatable bonds is 10. The fraction of sp³-hybridized carbons (Fsp3) is 0.568. The number of hydrogen-bond donors (Lipinski definition) is 1. The van der Waals surface area contributed by atoms with Crippen LogP contribution in [0.1, 0.15) is 83.0 Å². The summed E-state index contributed by atoms with van der Waals surface area (Å²) >= 11 is 6.00. The number of benzene rings is 1. The second-order valence-electron chi connectivity index (χ2n) is 14.5. The van der Waals surface area contributed by atoms with Gasteiger partial charge in [-0.3, -0.25) is 4.79 Å². The molecule has 1 N–H and O–H groups in total. The van der Waals surface area contributed by atoms with Crippen LogP contribution in [0, 0.1) is 17.2 Å². The average Bonchev–Trinajstić information content (AvgIpc) is 3.53. The Hall–Kier alpha value is -3.50. The lowest BCUT2D eigenvalue weighted by atomic mass is 9.67. The van der Waals surface area contributed by atoms with Gasteiger partial charge in [0.2, 0.25) is 0 Å². The van der Waals surface area contributed by atoms with E-state index in [9.17, 15) is 9.18 Å². The molecule has 3 fully saturated rings. The largest absolute Gasteiger partial charge is 0.451 e. The van der Waals surface area contributed by atoms with Crippen LogP contribution >= 0.6 is 11.6 Å². The third kappa shape index (κ3) is 8.03. The molecule has 2 aliphatic heterocycles. The molecular weight excluding hydrogens is 629 g/mol. The van der Waals surface area contributed by atoms with Crippen molar-refractivity contribution in [1.29, 1.82) is 0 Å². The van der Waals surface area contributed by atoms with Crippen molar-refractivity contribution in [2.75, 3.05) is 42.9 Å². The molecule has 6 rings (SSSR count). The molecule has 3 aromatic rings. The lowest BCUT2D eigenvalue weighted by molar-refractivity contribution is 0.0584. The van der Waals surface area contributed by atoms with Gasteiger partial charge in [-0.1, -0.05) is 11.6 Å². The van der Waals surface area contributed by atoms with Crippen molar-refractivity contribution >= 4 is 29.1 Å². The first kappa shape index (κ1) is 34.4. The SMILES string of the molecule is CC(C)N(C(=O)c1cc(F)ccc1Oc1cncnc1N1CC[C@@H](CN2CCC3(CCC(Nc4ccc(Cl)cn4)CC3)CC2)C1)C(C)C. The lowest BCUT2D eigenvalue weighted by Crippen LogP contribution is -2.45. The molecule has 0 unspecified atom stereocenters. The van der Waals surface area contributed by atoms with Gasteiger partial charge in [-0.15, -0.1) is 0 Å². The van der Waals surface area contributed by atoms with E-state index in [0.29, 0.717) is 39.7 Å². The molecule has 1 spiro atoms. The topological polar surface area (TPSA) is 86.7 Å². The van der Waals surface area contributed by atoms with Crippen molar-refractivity contribution in [3.63, 3.8) is 0 Å². The summed E-state index contributed by atoms with van der Waals surface area (Å²) in [5, 5.41) is 4.27. The molecule has 1 atom stereocenters. The van der Waals surface area contributed by atoms with Gasteiger partial charge in [-0.2, -0.15) is 0 Å². The smallest absolute Gasteiger partial charge is 0.258 e. The quantitative estimate of drug-likeness (QED) is 0.234. The Morgan fingerprint density at radius 1 is 1.00 bits per heavy atom. The number of pyridine rings is 1. The summed E-state index contributed by atoms with van der Waals surface area (Å²) in [4.78, 5) is 33.5. The first-order chi connectivity index (χ1) is 23.1. The molecule has 1 saturated carbocycles. The van der Waals surface area contributed by atoms with E-state index >= 15 is 0 Å². The molecule has 2 saturated heterocycles. The van der Waals surface area contributed by atoms with Crippen molar-refractivity contribution in [2.24, 2.45) is 11.3 Å². The third-order valence-corrected chi connectivity index (χ3v) is 10.8. The first-order valence-corrected chi connectivity index (χ1v) is 17.9. The molecule has 2 aromatic heterocycles. The van der Waals surface area contributed by atoms with Gasteiger partial charge >= 0.3 is 0 Å². The highest BCUT2D eigenvalue weighted by Gasteiger charge is 2.39. The Morgan fingerprint density at radius 3 is 2.44 bits per heavy atom. The molecular formula is C37H49ClFN7O2. The number of hydrogen-bond acceptors (Lipinski definition) is 8. The highest BCUT2D eigenvalue weighted by Crippen LogP contribution is 2.45. The summed E-state index contributed by atoms with van der Waals surface area (Å²) in [7, 11) is 0. The maximum Gasteiger partial charge on any atom is 0.258 e. The number of anilines is 2. The van der Waals surface area contributed by atoms with E-state index in [4.69, 9.17) is 16.3 Å². The summed E-state index contributed by atoms with van der Waals surface area (Å²) < 4.78 is 20.7. The van der Waals surface area contributed by atoms with Crippen LogP contribution in [0.3, 0.4) is 0 Å². The zero-order valence-electron chi connectivity index (χ0n) is 28.7. The van der Waals surface area contributed by atoms with Crippen molar-refractivity contribution < 1.29 is 13.9 Å². The first-order valence-electron chi connectivity index (χ1n) is 17.5. The molecule has 1 aromatic carbocycles. The minimum atomic E-state index is -0.481. The molecule has 3 aliphatic rings. The standard InChI is InChI=1S/C37H49ClFN7O2/c1-25(2)46(26(3)4)36(47)31-19-29(39)6-7-32(31)48-33-21-40-24-42-35(33)45-16-11-27(23-45)22-44-17-14-37(15-18-44)12-9-30(10-13-37)43-34-8-5-28(38)20-41-34/h5-8,19-21,24-27,30H,9-18,22-23H2,1-4H3,(H,41,43)/t27-/m0/s1. The minimum Gasteiger partial charge on any atom is -0.451 e. The maximum atomic E-state index is 14.4. The normalized spacial score (nSPS) is 20.1. The van der Waals surface area contributed by atoms with E-state index in [1.807, 2.05) is 39.8 Å². The zero-order valence-corrected chi connectivity index (χ0v) is 29.4. The van der Waals surface area contributed by atoms with E-state index in [-0.39, 0.29) is 23.6 Å². The second-order valence-corrected chi connectivity index (χ2v) is 15.0. The highest BCUT2D eigenvalue weighted by atomic mass is 35.5. The van der Waals surface area contributed by atoms with Gasteiger partial charge in [0.1, 0.15) is 23.7 Å². The second kappa shape index (κ2) is 14.9. The number of aromatic nitrogens is 3. The molecule has 1 aliphatic carbocycles. The molecule has 48 heavy (non-hydrogen) atoms. The summed E-state index contributed by atoms with van der Waals surface area (Å²) in [5.74, 6) is 2.17. The summed E-state index contributed by atoms with van der Waals surface area (Å²) in [6.45, 7) is 13.0. The Labute approximate surface area is 289 Å². The highest BCUT2D eigenvalue weighted by molar-refractivity contribution is 6.30. The van der Waals surface area contributed by atoms with Crippen LogP contribution in [-0.4, -0.2) is 81.5 Å². The Morgan fingerprint density at radius 2 is 1.75 bits per heavy atom. The van der Waals surface area contributed by atoms with E-state index < -0.39 is 5.82 Å². The van der Waals surface area contributed by atoms with Crippen molar-refractivity contribution in [3.05, 3.63) is 65.5 Å². The van der Waals surface area contributed by atoms with E-state index in [2.05, 4.69) is 30.1 Å². The number of carbonyl (C=O) groups excluding carboxylic acids is 1. The fourth-order valence-corrected chi connectivity index (χ4v) is 8.11. The van der Waals surface area contributed by atoms with E-state index in [0.717, 1.165) is 45.0 Å². The van der Waals surface area contributed by atoms with Gasteiger partial charge in [0.25, 0.3) is 5.91 Å². The monoisotopic (exact) mass is 677 g/mol. The molecule has 4 heterocycles. The number of nitrogens with zero attached hydrogens (tertiary/aromatic N) is 6. The van der Waals surface area contributed by atoms with Crippen molar-refractivity contribution in [1.82, 2.24) is 24.8 Å². The number of ether oxygens (including phenoxy) is 1. The van der Waals surface area contributed by atoms with Gasteiger partial charge in [0.15, 0.2) is 11.6 Å². The number of amides is 1. The molecule has 11 heteroatoms. The van der Waals surface area contributed by atoms with Crippen molar-refractivity contribution in [2.45, 2.75) is 90.8 Å². The van der Waals surface area contributed by atoms with Gasteiger partial charge in [-0.05, 0) is 127 Å². The summed E-state index contributed by atoms with van der Waals surface area (Å²) in [6.07, 6.45) is 13.4. The van der Waals surface area contributed by atoms with Crippen LogP contribution < -0.4 is 15.0 Å². The number of piperidine rings is 1. The molecule has 0 bridgehead atoms. The molecule has 0 radical (unpaired) electrons. The predicted molar refractivity (Wildman–Crippen MR) is 189 cm³/mol. The molecule has 9 nitrogen and oxygen atoms in total. The number of likely N-dealkylation sites (tertiary alicyclic amines) is 1. The summed E-state index contributed by atoms with van der Waals surface area (Å²) in [5.41, 5.74) is 0.664. The van der Waals surface area contributed by atoms with Gasteiger partial charge < -0.3 is 24.8 Å². The summed E-state index contributed by atoms with van der Waals surface area (Å²) in [6, 6.07) is 8.34. The number of carbonyl (C=O) groups is 1. The third-order valence-electron chi connectivity index (χ3n) is 10.5. The van der Waals surface area contributed by atoms with Crippen LogP contribution in [0.15, 0.2) is 49.1 Å². The predicted octanol–water partition coefficient (Wildman–Crippen LogP) is 7.68. The molecule has 1 amide bonds. The number of halogens is 2. The minimum absolute atomic E-state index is 0.0490. The Bertz CT molecular complexity index is 1530.